The minimum absolute atomic E-state index is 0.0339. The smallest absolute Gasteiger partial charge is 0.410 e. The van der Waals surface area contributed by atoms with Gasteiger partial charge in [0.15, 0.2) is 0 Å². The van der Waals surface area contributed by atoms with Crippen LogP contribution in [0.3, 0.4) is 0 Å². The Morgan fingerprint density at radius 3 is 2.39 bits per heavy atom. The van der Waals surface area contributed by atoms with Crippen molar-refractivity contribution in [3.8, 4) is 0 Å². The Balaban J connectivity index is 2.53. The maximum Gasteiger partial charge on any atom is 0.410 e. The van der Waals surface area contributed by atoms with Gasteiger partial charge in [0.2, 0.25) is 0 Å². The average Bonchev–Trinajstić information content (AvgIpc) is 3.01. The summed E-state index contributed by atoms with van der Waals surface area (Å²) in [5.41, 5.74) is 0. The van der Waals surface area contributed by atoms with Crippen molar-refractivity contribution < 1.29 is 19.1 Å². The van der Waals surface area contributed by atoms with Crippen LogP contribution in [0.2, 0.25) is 0 Å². The highest BCUT2D eigenvalue weighted by atomic mass is 16.6. The van der Waals surface area contributed by atoms with Gasteiger partial charge in [-0.15, -0.1) is 0 Å². The lowest BCUT2D eigenvalue weighted by molar-refractivity contribution is -0.137. The van der Waals surface area contributed by atoms with Crippen LogP contribution >= 0.6 is 0 Å². The third-order valence-electron chi connectivity index (χ3n) is 2.76. The molecule has 1 aliphatic rings. The Morgan fingerprint density at radius 2 is 1.83 bits per heavy atom. The van der Waals surface area contributed by atoms with E-state index in [1.165, 1.54) is 6.08 Å². The standard InChI is InChI=1S/C13H21NO4/c1-4-7-10-11(8-9-12(15)17-5-2)14(10)13(16)18-6-3/h8-11H,4-7H2,1-3H3/b9-8+/t10-,11-,14?/m1/s1. The number of nitrogens with zero attached hydrogens (tertiary/aromatic N) is 1. The number of carbonyl (C=O) groups is 2. The molecule has 18 heavy (non-hydrogen) atoms. The number of ether oxygens (including phenoxy) is 2. The van der Waals surface area contributed by atoms with E-state index in [0.29, 0.717) is 13.2 Å². The number of hydrogen-bond acceptors (Lipinski definition) is 4. The zero-order chi connectivity index (χ0) is 13.5. The second kappa shape index (κ2) is 7.03. The van der Waals surface area contributed by atoms with Crippen molar-refractivity contribution in [2.45, 2.75) is 45.7 Å². The topological polar surface area (TPSA) is 55.6 Å². The van der Waals surface area contributed by atoms with Crippen molar-refractivity contribution in [3.05, 3.63) is 12.2 Å². The Morgan fingerprint density at radius 1 is 1.17 bits per heavy atom. The maximum atomic E-state index is 11.6. The van der Waals surface area contributed by atoms with Crippen LogP contribution in [0.15, 0.2) is 12.2 Å². The third-order valence-corrected chi connectivity index (χ3v) is 2.76. The third kappa shape index (κ3) is 3.75. The number of carbonyl (C=O) groups excluding carboxylic acids is 2. The molecule has 0 N–H and O–H groups in total. The molecule has 102 valence electrons. The molecule has 0 saturated carbocycles. The molecule has 2 atom stereocenters. The fourth-order valence-electron chi connectivity index (χ4n) is 1.95. The van der Waals surface area contributed by atoms with Gasteiger partial charge in [-0.2, -0.15) is 0 Å². The first-order chi connectivity index (χ1) is 8.65. The van der Waals surface area contributed by atoms with E-state index in [1.807, 2.05) is 0 Å². The molecule has 0 bridgehead atoms. The highest BCUT2D eigenvalue weighted by Crippen LogP contribution is 2.33. The van der Waals surface area contributed by atoms with E-state index in [-0.39, 0.29) is 24.1 Å². The molecule has 0 spiro atoms. The molecule has 1 amide bonds. The van der Waals surface area contributed by atoms with Crippen LogP contribution in [0.5, 0.6) is 0 Å². The first-order valence-electron chi connectivity index (χ1n) is 6.45. The highest BCUT2D eigenvalue weighted by Gasteiger charge is 2.49. The minimum Gasteiger partial charge on any atom is -0.463 e. The summed E-state index contributed by atoms with van der Waals surface area (Å²) in [6.45, 7) is 6.32. The van der Waals surface area contributed by atoms with Crippen LogP contribution in [-0.2, 0) is 14.3 Å². The van der Waals surface area contributed by atoms with Crippen molar-refractivity contribution in [2.24, 2.45) is 0 Å². The van der Waals surface area contributed by atoms with Gasteiger partial charge in [0.05, 0.1) is 25.3 Å². The lowest BCUT2D eigenvalue weighted by Gasteiger charge is -2.03. The minimum atomic E-state index is -0.372. The summed E-state index contributed by atoms with van der Waals surface area (Å²) in [5.74, 6) is -0.372. The van der Waals surface area contributed by atoms with Crippen LogP contribution in [-0.4, -0.2) is 42.3 Å². The van der Waals surface area contributed by atoms with Gasteiger partial charge in [0.1, 0.15) is 0 Å². The van der Waals surface area contributed by atoms with Crippen LogP contribution in [0.4, 0.5) is 4.79 Å². The van der Waals surface area contributed by atoms with E-state index < -0.39 is 0 Å². The highest BCUT2D eigenvalue weighted by molar-refractivity contribution is 5.82. The molecule has 1 aliphatic heterocycles. The zero-order valence-electron chi connectivity index (χ0n) is 11.2. The molecule has 1 saturated heterocycles. The second-order valence-electron chi connectivity index (χ2n) is 4.06. The predicted molar refractivity (Wildman–Crippen MR) is 67.1 cm³/mol. The van der Waals surface area contributed by atoms with Gasteiger partial charge in [-0.3, -0.25) is 4.90 Å². The van der Waals surface area contributed by atoms with E-state index in [4.69, 9.17) is 9.47 Å². The van der Waals surface area contributed by atoms with Gasteiger partial charge in [-0.1, -0.05) is 19.4 Å². The molecule has 0 aliphatic carbocycles. The maximum absolute atomic E-state index is 11.6. The Kier molecular flexibility index (Phi) is 5.68. The van der Waals surface area contributed by atoms with Gasteiger partial charge in [0.25, 0.3) is 0 Å². The number of rotatable bonds is 6. The van der Waals surface area contributed by atoms with E-state index in [9.17, 15) is 9.59 Å². The van der Waals surface area contributed by atoms with E-state index >= 15 is 0 Å². The Labute approximate surface area is 108 Å². The van der Waals surface area contributed by atoms with Gasteiger partial charge in [-0.05, 0) is 20.3 Å². The zero-order valence-corrected chi connectivity index (χ0v) is 11.2. The summed E-state index contributed by atoms with van der Waals surface area (Å²) in [7, 11) is 0. The van der Waals surface area contributed by atoms with Crippen molar-refractivity contribution in [1.82, 2.24) is 4.90 Å². The molecule has 0 aromatic heterocycles. The van der Waals surface area contributed by atoms with Crippen molar-refractivity contribution >= 4 is 12.1 Å². The molecule has 5 heteroatoms. The van der Waals surface area contributed by atoms with Gasteiger partial charge < -0.3 is 9.47 Å². The SMILES string of the molecule is CCC[C@@H]1[C@@H](/C=C/C(=O)OCC)N1C(=O)OCC. The largest absolute Gasteiger partial charge is 0.463 e. The number of amides is 1. The molecule has 0 aromatic rings. The van der Waals surface area contributed by atoms with E-state index in [1.54, 1.807) is 24.8 Å². The molecule has 1 rings (SSSR count). The molecule has 0 aromatic carbocycles. The van der Waals surface area contributed by atoms with Gasteiger partial charge in [0, 0.05) is 6.08 Å². The summed E-state index contributed by atoms with van der Waals surface area (Å²) in [6, 6.07) is 0.119. The monoisotopic (exact) mass is 255 g/mol. The Bertz CT molecular complexity index is 327. The van der Waals surface area contributed by atoms with Crippen molar-refractivity contribution in [2.75, 3.05) is 13.2 Å². The molecule has 0 radical (unpaired) electrons. The number of esters is 1. The normalized spacial score (nSPS) is 22.1. The molecule has 1 heterocycles. The average molecular weight is 255 g/mol. The second-order valence-corrected chi connectivity index (χ2v) is 4.06. The molecule has 5 nitrogen and oxygen atoms in total. The fraction of sp³-hybridized carbons (Fsp3) is 0.692. The molecule has 0 unspecified atom stereocenters. The first-order valence-corrected chi connectivity index (χ1v) is 6.45. The quantitative estimate of drug-likeness (QED) is 0.414. The van der Waals surface area contributed by atoms with Crippen LogP contribution in [0.1, 0.15) is 33.6 Å². The molecular weight excluding hydrogens is 234 g/mol. The van der Waals surface area contributed by atoms with E-state index in [0.717, 1.165) is 12.8 Å². The molecule has 1 fully saturated rings. The first kappa shape index (κ1) is 14.5. The van der Waals surface area contributed by atoms with Crippen LogP contribution in [0, 0.1) is 0 Å². The summed E-state index contributed by atoms with van der Waals surface area (Å²) >= 11 is 0. The summed E-state index contributed by atoms with van der Waals surface area (Å²) in [5, 5.41) is 0. The fourth-order valence-corrected chi connectivity index (χ4v) is 1.95. The van der Waals surface area contributed by atoms with Gasteiger partial charge >= 0.3 is 12.1 Å². The lowest BCUT2D eigenvalue weighted by atomic mass is 10.2. The Hall–Kier alpha value is -1.52. The van der Waals surface area contributed by atoms with Crippen molar-refractivity contribution in [3.63, 3.8) is 0 Å². The number of hydrogen-bond donors (Lipinski definition) is 0. The summed E-state index contributed by atoms with van der Waals surface area (Å²) in [6.07, 6.45) is 4.70. The van der Waals surface area contributed by atoms with Crippen LogP contribution < -0.4 is 0 Å². The van der Waals surface area contributed by atoms with Crippen molar-refractivity contribution in [1.29, 1.82) is 0 Å². The summed E-state index contributed by atoms with van der Waals surface area (Å²) in [4.78, 5) is 24.5. The predicted octanol–water partition coefficient (Wildman–Crippen LogP) is 2.12. The molecular formula is C13H21NO4. The van der Waals surface area contributed by atoms with Gasteiger partial charge in [-0.25, -0.2) is 9.59 Å². The van der Waals surface area contributed by atoms with Crippen LogP contribution in [0.25, 0.3) is 0 Å². The van der Waals surface area contributed by atoms with E-state index in [2.05, 4.69) is 6.92 Å². The lowest BCUT2D eigenvalue weighted by Crippen LogP contribution is -2.16. The summed E-state index contributed by atoms with van der Waals surface area (Å²) < 4.78 is 9.76.